The number of carbonyl (C=O) groups is 1. The number of rotatable bonds is 6. The molecule has 33 heavy (non-hydrogen) atoms. The van der Waals surface area contributed by atoms with E-state index in [4.69, 9.17) is 13.9 Å². The lowest BCUT2D eigenvalue weighted by molar-refractivity contribution is 0.0314. The molecule has 0 radical (unpaired) electrons. The number of ether oxygens (including phenoxy) is 2. The van der Waals surface area contributed by atoms with Gasteiger partial charge in [0.25, 0.3) is 5.91 Å². The first kappa shape index (κ1) is 21.7. The summed E-state index contributed by atoms with van der Waals surface area (Å²) in [4.78, 5) is 31.3. The maximum atomic E-state index is 13.7. The predicted molar refractivity (Wildman–Crippen MR) is 125 cm³/mol. The first-order chi connectivity index (χ1) is 16.1. The van der Waals surface area contributed by atoms with Crippen molar-refractivity contribution in [1.29, 1.82) is 0 Å². The molecule has 0 saturated carbocycles. The average molecular weight is 449 g/mol. The van der Waals surface area contributed by atoms with Gasteiger partial charge in [-0.2, -0.15) is 0 Å². The summed E-state index contributed by atoms with van der Waals surface area (Å²) in [6.07, 6.45) is 0. The average Bonchev–Trinajstić information content (AvgIpc) is 3.11. The highest BCUT2D eigenvalue weighted by molar-refractivity contribution is 5.99. The lowest BCUT2D eigenvalue weighted by Gasteiger charge is -2.31. The van der Waals surface area contributed by atoms with Crippen molar-refractivity contribution in [2.45, 2.75) is 19.9 Å². The zero-order valence-corrected chi connectivity index (χ0v) is 19.0. The van der Waals surface area contributed by atoms with Gasteiger partial charge in [0, 0.05) is 26.2 Å². The maximum absolute atomic E-state index is 13.7. The van der Waals surface area contributed by atoms with Crippen LogP contribution in [-0.2, 0) is 4.74 Å². The minimum Gasteiger partial charge on any atom is -0.494 e. The van der Waals surface area contributed by atoms with Crippen molar-refractivity contribution in [3.05, 3.63) is 75.1 Å². The molecule has 2 aromatic carbocycles. The Balaban J connectivity index is 1.60. The third kappa shape index (κ3) is 4.03. The molecule has 7 heteroatoms. The van der Waals surface area contributed by atoms with Crippen LogP contribution >= 0.6 is 0 Å². The van der Waals surface area contributed by atoms with Crippen LogP contribution in [0.15, 0.2) is 51.7 Å². The number of fused-ring (bicyclic) bond motifs is 2. The van der Waals surface area contributed by atoms with Gasteiger partial charge in [0.1, 0.15) is 11.3 Å². The van der Waals surface area contributed by atoms with Crippen molar-refractivity contribution in [1.82, 2.24) is 9.80 Å². The predicted octanol–water partition coefficient (Wildman–Crippen LogP) is 3.38. The van der Waals surface area contributed by atoms with E-state index < -0.39 is 6.04 Å². The molecule has 2 aliphatic heterocycles. The molecule has 3 heterocycles. The molecule has 0 spiro atoms. The summed E-state index contributed by atoms with van der Waals surface area (Å²) in [7, 11) is 0. The van der Waals surface area contributed by atoms with Gasteiger partial charge in [-0.1, -0.05) is 23.8 Å². The highest BCUT2D eigenvalue weighted by atomic mass is 16.5. The van der Waals surface area contributed by atoms with Gasteiger partial charge in [-0.15, -0.1) is 0 Å². The zero-order chi connectivity index (χ0) is 22.9. The summed E-state index contributed by atoms with van der Waals surface area (Å²) in [5.74, 6) is 0.611. The minimum absolute atomic E-state index is 0.144. The number of carbonyl (C=O) groups excluding carboxylic acids is 1. The minimum atomic E-state index is -0.518. The van der Waals surface area contributed by atoms with E-state index in [9.17, 15) is 9.59 Å². The SMILES string of the molecule is CCOc1cccc([C@H]2c3c(oc4ccc(C)cc4c3=O)C(=O)N2CCN2CCOCC2)c1. The Morgan fingerprint density at radius 1 is 1.06 bits per heavy atom. The molecular weight excluding hydrogens is 420 g/mol. The summed E-state index contributed by atoms with van der Waals surface area (Å²) in [6, 6.07) is 12.6. The second-order valence-electron chi connectivity index (χ2n) is 8.53. The first-order valence-electron chi connectivity index (χ1n) is 11.5. The van der Waals surface area contributed by atoms with E-state index in [2.05, 4.69) is 4.90 Å². The molecule has 0 unspecified atom stereocenters. The van der Waals surface area contributed by atoms with E-state index in [0.717, 1.165) is 24.2 Å². The molecule has 0 N–H and O–H groups in total. The summed E-state index contributed by atoms with van der Waals surface area (Å²) in [6.45, 7) is 8.65. The number of morpholine rings is 1. The lowest BCUT2D eigenvalue weighted by Crippen LogP contribution is -2.42. The summed E-state index contributed by atoms with van der Waals surface area (Å²) in [5.41, 5.74) is 2.51. The molecule has 0 aliphatic carbocycles. The summed E-state index contributed by atoms with van der Waals surface area (Å²) >= 11 is 0. The fourth-order valence-corrected chi connectivity index (χ4v) is 4.73. The smallest absolute Gasteiger partial charge is 0.290 e. The van der Waals surface area contributed by atoms with Gasteiger partial charge in [0.2, 0.25) is 5.76 Å². The van der Waals surface area contributed by atoms with Crippen LogP contribution in [-0.4, -0.2) is 61.7 Å². The number of hydrogen-bond donors (Lipinski definition) is 0. The van der Waals surface area contributed by atoms with Crippen LogP contribution in [0.1, 0.15) is 40.2 Å². The summed E-state index contributed by atoms with van der Waals surface area (Å²) in [5, 5.41) is 0.502. The molecule has 2 aliphatic rings. The largest absolute Gasteiger partial charge is 0.494 e. The highest BCUT2D eigenvalue weighted by Gasteiger charge is 2.42. The lowest BCUT2D eigenvalue weighted by atomic mass is 9.98. The standard InChI is InChI=1S/C26H28N2O5/c1-3-32-19-6-4-5-18(16-19)23-22-24(29)20-15-17(2)7-8-21(20)33-25(22)26(30)28(23)10-9-27-11-13-31-14-12-27/h4-8,15-16,23H,3,9-14H2,1-2H3/t23-/m0/s1. The molecule has 1 fully saturated rings. The molecule has 5 rings (SSSR count). The number of amides is 1. The van der Waals surface area contributed by atoms with Crippen LogP contribution in [0.2, 0.25) is 0 Å². The Labute approximate surface area is 192 Å². The van der Waals surface area contributed by atoms with Gasteiger partial charge in [0.05, 0.1) is 36.8 Å². The Morgan fingerprint density at radius 2 is 1.88 bits per heavy atom. The zero-order valence-electron chi connectivity index (χ0n) is 19.0. The third-order valence-electron chi connectivity index (χ3n) is 6.37. The second-order valence-corrected chi connectivity index (χ2v) is 8.53. The number of hydrogen-bond acceptors (Lipinski definition) is 6. The number of aryl methyl sites for hydroxylation is 1. The molecule has 0 bridgehead atoms. The number of benzene rings is 2. The molecule has 7 nitrogen and oxygen atoms in total. The fraction of sp³-hybridized carbons (Fsp3) is 0.385. The first-order valence-corrected chi connectivity index (χ1v) is 11.5. The molecule has 3 aromatic rings. The van der Waals surface area contributed by atoms with Crippen molar-refractivity contribution in [2.75, 3.05) is 46.0 Å². The Hall–Kier alpha value is -3.16. The fourth-order valence-electron chi connectivity index (χ4n) is 4.73. The third-order valence-corrected chi connectivity index (χ3v) is 6.37. The Bertz CT molecular complexity index is 1250. The van der Waals surface area contributed by atoms with E-state index in [-0.39, 0.29) is 17.1 Å². The molecule has 172 valence electrons. The topological polar surface area (TPSA) is 72.2 Å². The van der Waals surface area contributed by atoms with Crippen LogP contribution in [0.5, 0.6) is 5.75 Å². The molecule has 1 saturated heterocycles. The molecule has 1 atom stereocenters. The van der Waals surface area contributed by atoms with E-state index in [1.807, 2.05) is 50.2 Å². The van der Waals surface area contributed by atoms with Crippen LogP contribution in [0, 0.1) is 6.92 Å². The van der Waals surface area contributed by atoms with Gasteiger partial charge >= 0.3 is 0 Å². The normalized spacial score (nSPS) is 18.7. The number of nitrogens with zero attached hydrogens (tertiary/aromatic N) is 2. The quantitative estimate of drug-likeness (QED) is 0.576. The van der Waals surface area contributed by atoms with Gasteiger partial charge in [-0.3, -0.25) is 14.5 Å². The monoisotopic (exact) mass is 448 g/mol. The van der Waals surface area contributed by atoms with E-state index in [0.29, 0.717) is 55.2 Å². The summed E-state index contributed by atoms with van der Waals surface area (Å²) < 4.78 is 17.2. The van der Waals surface area contributed by atoms with Crippen LogP contribution in [0.25, 0.3) is 11.0 Å². The van der Waals surface area contributed by atoms with Gasteiger partial charge in [0.15, 0.2) is 5.43 Å². The second kappa shape index (κ2) is 9.00. The van der Waals surface area contributed by atoms with Crippen LogP contribution in [0.4, 0.5) is 0 Å². The van der Waals surface area contributed by atoms with E-state index in [1.54, 1.807) is 11.0 Å². The Kier molecular flexibility index (Phi) is 5.91. The van der Waals surface area contributed by atoms with Gasteiger partial charge < -0.3 is 18.8 Å². The van der Waals surface area contributed by atoms with Crippen molar-refractivity contribution >= 4 is 16.9 Å². The van der Waals surface area contributed by atoms with Crippen molar-refractivity contribution in [3.63, 3.8) is 0 Å². The maximum Gasteiger partial charge on any atom is 0.290 e. The van der Waals surface area contributed by atoms with Crippen molar-refractivity contribution in [3.8, 4) is 5.75 Å². The molecule has 1 amide bonds. The Morgan fingerprint density at radius 3 is 2.67 bits per heavy atom. The van der Waals surface area contributed by atoms with Crippen LogP contribution in [0.3, 0.4) is 0 Å². The molecule has 1 aromatic heterocycles. The van der Waals surface area contributed by atoms with Gasteiger partial charge in [-0.25, -0.2) is 0 Å². The van der Waals surface area contributed by atoms with Crippen molar-refractivity contribution < 1.29 is 18.7 Å². The van der Waals surface area contributed by atoms with Crippen LogP contribution < -0.4 is 10.2 Å². The van der Waals surface area contributed by atoms with E-state index >= 15 is 0 Å². The molecular formula is C26H28N2O5. The van der Waals surface area contributed by atoms with Crippen molar-refractivity contribution in [2.24, 2.45) is 0 Å². The highest BCUT2D eigenvalue weighted by Crippen LogP contribution is 2.39. The van der Waals surface area contributed by atoms with Gasteiger partial charge in [-0.05, 0) is 43.7 Å². The van der Waals surface area contributed by atoms with E-state index in [1.165, 1.54) is 0 Å².